The van der Waals surface area contributed by atoms with Gasteiger partial charge < -0.3 is 14.6 Å². The van der Waals surface area contributed by atoms with Gasteiger partial charge in [-0.2, -0.15) is 0 Å². The fourth-order valence-electron chi connectivity index (χ4n) is 4.98. The van der Waals surface area contributed by atoms with Crippen LogP contribution in [0.25, 0.3) is 0 Å². The molecule has 0 spiro atoms. The molecule has 5 nitrogen and oxygen atoms in total. The third-order valence-electron chi connectivity index (χ3n) is 7.94. The molecule has 1 N–H and O–H groups in total. The summed E-state index contributed by atoms with van der Waals surface area (Å²) in [5.41, 5.74) is 0. The first-order chi connectivity index (χ1) is 24.1. The first kappa shape index (κ1) is 46.1. The summed E-state index contributed by atoms with van der Waals surface area (Å²) in [5.74, 6) is -0.694. The van der Waals surface area contributed by atoms with Crippen LogP contribution >= 0.6 is 0 Å². The van der Waals surface area contributed by atoms with E-state index in [4.69, 9.17) is 9.47 Å². The zero-order valence-corrected chi connectivity index (χ0v) is 31.4. The van der Waals surface area contributed by atoms with E-state index in [1.807, 2.05) is 6.08 Å². The molecule has 0 saturated carbocycles. The molecule has 0 aromatic heterocycles. The normalized spacial score (nSPS) is 13.1. The maximum absolute atomic E-state index is 12.2. The highest BCUT2D eigenvalue weighted by molar-refractivity contribution is 5.70. The van der Waals surface area contributed by atoms with Gasteiger partial charge in [0, 0.05) is 12.8 Å². The van der Waals surface area contributed by atoms with Crippen LogP contribution < -0.4 is 0 Å². The highest BCUT2D eigenvalue weighted by Gasteiger charge is 2.15. The molecule has 0 aliphatic rings. The number of unbranched alkanes of at least 4 members (excludes halogenated alkanes) is 12. The molecule has 0 aliphatic carbocycles. The molecule has 0 bridgehead atoms. The van der Waals surface area contributed by atoms with Gasteiger partial charge in [-0.3, -0.25) is 9.59 Å². The van der Waals surface area contributed by atoms with E-state index in [-0.39, 0.29) is 31.6 Å². The first-order valence-corrected chi connectivity index (χ1v) is 19.6. The molecule has 0 aromatic rings. The van der Waals surface area contributed by atoms with Gasteiger partial charge in [0.05, 0.1) is 6.61 Å². The van der Waals surface area contributed by atoms with Crippen molar-refractivity contribution in [1.82, 2.24) is 0 Å². The lowest BCUT2D eigenvalue weighted by atomic mass is 10.1. The fourth-order valence-corrected chi connectivity index (χ4v) is 4.98. The smallest absolute Gasteiger partial charge is 0.306 e. The summed E-state index contributed by atoms with van der Waals surface area (Å²) in [5, 5.41) is 9.54. The Balaban J connectivity index is 3.69. The Labute approximate surface area is 301 Å². The van der Waals surface area contributed by atoms with Crippen molar-refractivity contribution in [3.8, 4) is 0 Å². The first-order valence-electron chi connectivity index (χ1n) is 19.6. The Kier molecular flexibility index (Phi) is 37.2. The van der Waals surface area contributed by atoms with Crippen molar-refractivity contribution in [1.29, 1.82) is 0 Å². The van der Waals surface area contributed by atoms with Crippen LogP contribution in [-0.4, -0.2) is 36.4 Å². The summed E-state index contributed by atoms with van der Waals surface area (Å²) >= 11 is 0. The van der Waals surface area contributed by atoms with Crippen LogP contribution in [0.3, 0.4) is 0 Å². The van der Waals surface area contributed by atoms with Gasteiger partial charge in [0.1, 0.15) is 6.61 Å². The lowest BCUT2D eigenvalue weighted by Crippen LogP contribution is -2.28. The van der Waals surface area contributed by atoms with Gasteiger partial charge in [0.15, 0.2) is 6.10 Å². The summed E-state index contributed by atoms with van der Waals surface area (Å²) in [6.45, 7) is 3.93. The molecule has 278 valence electrons. The maximum Gasteiger partial charge on any atom is 0.306 e. The van der Waals surface area contributed by atoms with Gasteiger partial charge in [0.2, 0.25) is 0 Å². The van der Waals surface area contributed by atoms with E-state index in [1.54, 1.807) is 0 Å². The van der Waals surface area contributed by atoms with Crippen molar-refractivity contribution in [3.05, 3.63) is 85.1 Å². The van der Waals surface area contributed by atoms with Gasteiger partial charge in [-0.05, 0) is 77.0 Å². The van der Waals surface area contributed by atoms with Gasteiger partial charge in [0.25, 0.3) is 0 Å². The molecule has 0 fully saturated rings. The number of allylic oxidation sites excluding steroid dienone is 14. The Morgan fingerprint density at radius 1 is 0.490 bits per heavy atom. The van der Waals surface area contributed by atoms with Crippen molar-refractivity contribution < 1.29 is 24.2 Å². The van der Waals surface area contributed by atoms with E-state index in [2.05, 4.69) is 92.8 Å². The number of aliphatic hydroxyl groups is 1. The number of ether oxygens (including phenoxy) is 2. The SMILES string of the molecule is CC/C=C/C/C=C/C/C=C/C/C=C/C/C=C/CCCCCCCCC(=O)OC(CO)COC(=O)CC/C=C/C/C=C/CCCCCCCC. The largest absolute Gasteiger partial charge is 0.462 e. The van der Waals surface area contributed by atoms with E-state index in [0.29, 0.717) is 12.8 Å². The number of hydrogen-bond acceptors (Lipinski definition) is 5. The van der Waals surface area contributed by atoms with Gasteiger partial charge in [-0.1, -0.05) is 157 Å². The fraction of sp³-hybridized carbons (Fsp3) is 0.636. The number of hydrogen-bond donors (Lipinski definition) is 1. The lowest BCUT2D eigenvalue weighted by molar-refractivity contribution is -0.161. The van der Waals surface area contributed by atoms with Crippen molar-refractivity contribution in [3.63, 3.8) is 0 Å². The zero-order valence-electron chi connectivity index (χ0n) is 31.4. The minimum atomic E-state index is -0.806. The Morgan fingerprint density at radius 3 is 1.41 bits per heavy atom. The quantitative estimate of drug-likeness (QED) is 0.0416. The molecule has 0 amide bonds. The molecule has 1 unspecified atom stereocenters. The van der Waals surface area contributed by atoms with E-state index < -0.39 is 6.10 Å². The molecule has 0 heterocycles. The minimum Gasteiger partial charge on any atom is -0.462 e. The van der Waals surface area contributed by atoms with Crippen LogP contribution in [-0.2, 0) is 19.1 Å². The summed E-state index contributed by atoms with van der Waals surface area (Å²) < 4.78 is 10.5. The molecule has 0 aliphatic heterocycles. The second-order valence-corrected chi connectivity index (χ2v) is 12.6. The number of aliphatic hydroxyl groups excluding tert-OH is 1. The molecule has 5 heteroatoms. The van der Waals surface area contributed by atoms with E-state index >= 15 is 0 Å². The molecule has 1 atom stereocenters. The van der Waals surface area contributed by atoms with Crippen LogP contribution in [0.2, 0.25) is 0 Å². The zero-order chi connectivity index (χ0) is 35.7. The predicted molar refractivity (Wildman–Crippen MR) is 209 cm³/mol. The van der Waals surface area contributed by atoms with Gasteiger partial charge in [-0.15, -0.1) is 0 Å². The molecular weight excluding hydrogens is 608 g/mol. The van der Waals surface area contributed by atoms with E-state index in [0.717, 1.165) is 70.6 Å². The Bertz CT molecular complexity index is 952. The number of rotatable bonds is 34. The average Bonchev–Trinajstić information content (AvgIpc) is 3.10. The molecule has 0 aromatic carbocycles. The Morgan fingerprint density at radius 2 is 0.918 bits per heavy atom. The van der Waals surface area contributed by atoms with Crippen LogP contribution in [0, 0.1) is 0 Å². The van der Waals surface area contributed by atoms with Crippen LogP contribution in [0.1, 0.15) is 162 Å². The minimum absolute atomic E-state index is 0.107. The summed E-state index contributed by atoms with van der Waals surface area (Å²) in [6, 6.07) is 0. The van der Waals surface area contributed by atoms with E-state index in [1.165, 1.54) is 57.8 Å². The average molecular weight is 681 g/mol. The van der Waals surface area contributed by atoms with Crippen molar-refractivity contribution in [2.45, 2.75) is 168 Å². The van der Waals surface area contributed by atoms with Crippen LogP contribution in [0.15, 0.2) is 85.1 Å². The third-order valence-corrected chi connectivity index (χ3v) is 7.94. The number of carbonyl (C=O) groups is 2. The van der Waals surface area contributed by atoms with Crippen LogP contribution in [0.5, 0.6) is 0 Å². The maximum atomic E-state index is 12.2. The standard InChI is InChI=1S/C44H72O5/c1-3-5-7-9-11-13-15-17-18-19-20-21-22-23-24-25-27-29-31-33-35-37-39-44(47)49-42(40-45)41-48-43(46)38-36-34-32-30-28-26-16-14-12-10-8-6-4-2/h5,7,11,13,17-18,20-21,23-24,26,28,32,34,42,45H,3-4,6,8-10,12,14-16,19,22,25,27,29-31,33,35-41H2,1-2H3/b7-5+,13-11+,18-17+,21-20+,24-23+,28-26+,34-32+. The van der Waals surface area contributed by atoms with Crippen molar-refractivity contribution in [2.75, 3.05) is 13.2 Å². The number of esters is 2. The predicted octanol–water partition coefficient (Wildman–Crippen LogP) is 12.3. The van der Waals surface area contributed by atoms with E-state index in [9.17, 15) is 14.7 Å². The second-order valence-electron chi connectivity index (χ2n) is 12.6. The summed E-state index contributed by atoms with van der Waals surface area (Å²) in [7, 11) is 0. The molecular formula is C44H72O5. The Hall–Kier alpha value is -2.92. The molecule has 0 radical (unpaired) electrons. The van der Waals surface area contributed by atoms with Crippen molar-refractivity contribution in [2.24, 2.45) is 0 Å². The summed E-state index contributed by atoms with van der Waals surface area (Å²) in [6.07, 6.45) is 53.7. The molecule has 49 heavy (non-hydrogen) atoms. The second kappa shape index (κ2) is 39.5. The van der Waals surface area contributed by atoms with Gasteiger partial charge >= 0.3 is 11.9 Å². The molecule has 0 saturated heterocycles. The van der Waals surface area contributed by atoms with Crippen molar-refractivity contribution >= 4 is 11.9 Å². The lowest BCUT2D eigenvalue weighted by Gasteiger charge is -2.15. The monoisotopic (exact) mass is 681 g/mol. The number of carbonyl (C=O) groups excluding carboxylic acids is 2. The topological polar surface area (TPSA) is 72.8 Å². The van der Waals surface area contributed by atoms with Gasteiger partial charge in [-0.25, -0.2) is 0 Å². The summed E-state index contributed by atoms with van der Waals surface area (Å²) in [4.78, 5) is 24.2. The highest BCUT2D eigenvalue weighted by Crippen LogP contribution is 2.11. The highest BCUT2D eigenvalue weighted by atomic mass is 16.6. The molecule has 0 rings (SSSR count). The third kappa shape index (κ3) is 37.7. The van der Waals surface area contributed by atoms with Crippen LogP contribution in [0.4, 0.5) is 0 Å².